The van der Waals surface area contributed by atoms with Crippen LogP contribution in [0.5, 0.6) is 0 Å². The van der Waals surface area contributed by atoms with Gasteiger partial charge in [0.15, 0.2) is 0 Å². The monoisotopic (exact) mass is 453 g/mol. The minimum absolute atomic E-state index is 0.00587. The van der Waals surface area contributed by atoms with Crippen molar-refractivity contribution in [2.75, 3.05) is 0 Å². The van der Waals surface area contributed by atoms with Crippen LogP contribution in [-0.2, 0) is 6.54 Å². The number of rotatable bonds is 8. The predicted octanol–water partition coefficient (Wildman–Crippen LogP) is 3.73. The molecule has 0 fully saturated rings. The van der Waals surface area contributed by atoms with Crippen molar-refractivity contribution in [1.82, 2.24) is 25.6 Å². The number of nitro benzene ring substituents is 1. The lowest BCUT2D eigenvalue weighted by Crippen LogP contribution is -2.17. The summed E-state index contributed by atoms with van der Waals surface area (Å²) in [4.78, 5) is 24.3. The maximum Gasteiger partial charge on any atom is 0.276 e. The van der Waals surface area contributed by atoms with Crippen molar-refractivity contribution < 1.29 is 9.72 Å². The molecule has 4 rings (SSSR count). The quantitative estimate of drug-likeness (QED) is 0.246. The van der Waals surface area contributed by atoms with E-state index in [0.29, 0.717) is 23.5 Å². The Labute approximate surface area is 194 Å². The molecule has 0 bridgehead atoms. The van der Waals surface area contributed by atoms with Gasteiger partial charge in [-0.3, -0.25) is 14.9 Å². The van der Waals surface area contributed by atoms with Gasteiger partial charge in [0.25, 0.3) is 11.6 Å². The number of tetrazole rings is 1. The van der Waals surface area contributed by atoms with Crippen LogP contribution in [0.4, 0.5) is 5.69 Å². The average molecular weight is 453 g/mol. The molecule has 34 heavy (non-hydrogen) atoms. The SMILES string of the molecule is O=C(NN=CC=Cc1ccccc1[N+](=O)[O-])c1ccc(Cn2nnc(-c3ccccc3)n2)cc1. The van der Waals surface area contributed by atoms with E-state index in [4.69, 9.17) is 0 Å². The summed E-state index contributed by atoms with van der Waals surface area (Å²) in [5.74, 6) is 0.164. The van der Waals surface area contributed by atoms with Gasteiger partial charge in [-0.15, -0.1) is 10.2 Å². The van der Waals surface area contributed by atoms with Crippen LogP contribution in [0.15, 0.2) is 90.0 Å². The zero-order valence-corrected chi connectivity index (χ0v) is 17.9. The Kier molecular flexibility index (Phi) is 6.89. The number of allylic oxidation sites excluding steroid dienone is 1. The Morgan fingerprint density at radius 2 is 1.76 bits per heavy atom. The van der Waals surface area contributed by atoms with E-state index in [0.717, 1.165) is 11.1 Å². The lowest BCUT2D eigenvalue weighted by atomic mass is 10.1. The number of aromatic nitrogens is 4. The highest BCUT2D eigenvalue weighted by atomic mass is 16.6. The Morgan fingerprint density at radius 1 is 1.03 bits per heavy atom. The zero-order valence-electron chi connectivity index (χ0n) is 17.9. The van der Waals surface area contributed by atoms with E-state index in [-0.39, 0.29) is 11.6 Å². The molecule has 1 N–H and O–H groups in total. The van der Waals surface area contributed by atoms with Crippen LogP contribution in [-0.4, -0.2) is 37.3 Å². The third-order valence-corrected chi connectivity index (χ3v) is 4.76. The van der Waals surface area contributed by atoms with E-state index in [9.17, 15) is 14.9 Å². The zero-order chi connectivity index (χ0) is 23.8. The molecule has 0 saturated heterocycles. The second-order valence-corrected chi connectivity index (χ2v) is 7.10. The van der Waals surface area contributed by atoms with Crippen molar-refractivity contribution in [3.05, 3.63) is 112 Å². The first-order valence-corrected chi connectivity index (χ1v) is 10.3. The number of hydrogen-bond donors (Lipinski definition) is 1. The molecule has 0 saturated carbocycles. The van der Waals surface area contributed by atoms with Gasteiger partial charge in [-0.05, 0) is 41.1 Å². The van der Waals surface area contributed by atoms with E-state index in [1.165, 1.54) is 23.2 Å². The Hall–Kier alpha value is -4.99. The minimum Gasteiger partial charge on any atom is -0.267 e. The van der Waals surface area contributed by atoms with Crippen molar-refractivity contribution >= 4 is 23.9 Å². The molecule has 1 heterocycles. The van der Waals surface area contributed by atoms with Gasteiger partial charge in [0, 0.05) is 23.4 Å². The molecule has 0 aliphatic carbocycles. The van der Waals surface area contributed by atoms with Crippen LogP contribution < -0.4 is 5.43 Å². The number of carbonyl (C=O) groups is 1. The van der Waals surface area contributed by atoms with E-state index in [2.05, 4.69) is 25.9 Å². The molecular weight excluding hydrogens is 434 g/mol. The second kappa shape index (κ2) is 10.6. The number of hydrazone groups is 1. The van der Waals surface area contributed by atoms with Crippen molar-refractivity contribution in [3.8, 4) is 11.4 Å². The Bertz CT molecular complexity index is 1350. The van der Waals surface area contributed by atoms with Gasteiger partial charge in [-0.1, -0.05) is 54.6 Å². The fraction of sp³-hybridized carbons (Fsp3) is 0.0417. The molecule has 168 valence electrons. The second-order valence-electron chi connectivity index (χ2n) is 7.10. The Balaban J connectivity index is 1.31. The largest absolute Gasteiger partial charge is 0.276 e. The van der Waals surface area contributed by atoms with Crippen molar-refractivity contribution in [2.45, 2.75) is 6.54 Å². The van der Waals surface area contributed by atoms with Gasteiger partial charge in [-0.2, -0.15) is 9.90 Å². The minimum atomic E-state index is -0.455. The third-order valence-electron chi connectivity index (χ3n) is 4.76. The van der Waals surface area contributed by atoms with Crippen molar-refractivity contribution in [2.24, 2.45) is 5.10 Å². The standard InChI is InChI=1S/C24H19N7O3/c32-24(27-25-16-6-10-19-7-4-5-11-22(19)31(33)34)21-14-12-18(13-15-21)17-30-28-23(26-29-30)20-8-2-1-3-9-20/h1-16H,17H2,(H,27,32). The van der Waals surface area contributed by atoms with Gasteiger partial charge in [0.05, 0.1) is 17.0 Å². The molecule has 0 unspecified atom stereocenters. The molecule has 1 aromatic heterocycles. The maximum atomic E-state index is 12.3. The van der Waals surface area contributed by atoms with E-state index < -0.39 is 4.92 Å². The summed E-state index contributed by atoms with van der Waals surface area (Å²) in [5.41, 5.74) is 5.08. The van der Waals surface area contributed by atoms with Crippen molar-refractivity contribution in [1.29, 1.82) is 0 Å². The smallest absolute Gasteiger partial charge is 0.267 e. The fourth-order valence-electron chi connectivity index (χ4n) is 3.08. The highest BCUT2D eigenvalue weighted by molar-refractivity contribution is 5.94. The van der Waals surface area contributed by atoms with Crippen LogP contribution in [0.3, 0.4) is 0 Å². The number of nitro groups is 1. The van der Waals surface area contributed by atoms with E-state index >= 15 is 0 Å². The molecule has 0 radical (unpaired) electrons. The van der Waals surface area contributed by atoms with Gasteiger partial charge in [0.1, 0.15) is 0 Å². The number of hydrogen-bond acceptors (Lipinski definition) is 7. The highest BCUT2D eigenvalue weighted by Gasteiger charge is 2.09. The van der Waals surface area contributed by atoms with E-state index in [1.54, 1.807) is 48.5 Å². The summed E-state index contributed by atoms with van der Waals surface area (Å²) in [6, 6.07) is 22.9. The van der Waals surface area contributed by atoms with Crippen LogP contribution >= 0.6 is 0 Å². The van der Waals surface area contributed by atoms with Gasteiger partial charge in [0.2, 0.25) is 5.82 Å². The Morgan fingerprint density at radius 3 is 2.53 bits per heavy atom. The summed E-state index contributed by atoms with van der Waals surface area (Å²) in [5, 5.41) is 27.4. The van der Waals surface area contributed by atoms with Gasteiger partial charge >= 0.3 is 0 Å². The predicted molar refractivity (Wildman–Crippen MR) is 127 cm³/mol. The number of benzene rings is 3. The molecule has 4 aromatic rings. The molecule has 10 heteroatoms. The number of nitrogens with zero attached hydrogens (tertiary/aromatic N) is 6. The van der Waals surface area contributed by atoms with Crippen LogP contribution in [0.2, 0.25) is 0 Å². The lowest BCUT2D eigenvalue weighted by Gasteiger charge is -2.02. The summed E-state index contributed by atoms with van der Waals surface area (Å²) >= 11 is 0. The first-order chi connectivity index (χ1) is 16.6. The van der Waals surface area contributed by atoms with Gasteiger partial charge in [-0.25, -0.2) is 5.43 Å². The lowest BCUT2D eigenvalue weighted by molar-refractivity contribution is -0.385. The highest BCUT2D eigenvalue weighted by Crippen LogP contribution is 2.18. The van der Waals surface area contributed by atoms with Crippen LogP contribution in [0, 0.1) is 10.1 Å². The summed E-state index contributed by atoms with van der Waals surface area (Å²) in [7, 11) is 0. The van der Waals surface area contributed by atoms with Crippen LogP contribution in [0.25, 0.3) is 17.5 Å². The first kappa shape index (κ1) is 22.2. The molecule has 0 aliphatic rings. The summed E-state index contributed by atoms with van der Waals surface area (Å²) in [6.07, 6.45) is 4.41. The maximum absolute atomic E-state index is 12.3. The summed E-state index contributed by atoms with van der Waals surface area (Å²) < 4.78 is 0. The number of amides is 1. The topological polar surface area (TPSA) is 128 Å². The first-order valence-electron chi connectivity index (χ1n) is 10.3. The van der Waals surface area contributed by atoms with Crippen LogP contribution in [0.1, 0.15) is 21.5 Å². The molecule has 3 aromatic carbocycles. The van der Waals surface area contributed by atoms with Gasteiger partial charge < -0.3 is 0 Å². The number of para-hydroxylation sites is 1. The number of carbonyl (C=O) groups excluding carboxylic acids is 1. The molecular formula is C24H19N7O3. The normalized spacial score (nSPS) is 11.2. The van der Waals surface area contributed by atoms with E-state index in [1.807, 2.05) is 30.3 Å². The molecule has 0 aliphatic heterocycles. The number of nitrogens with one attached hydrogen (secondary N) is 1. The fourth-order valence-corrected chi connectivity index (χ4v) is 3.08. The molecule has 0 spiro atoms. The average Bonchev–Trinajstić information content (AvgIpc) is 3.33. The molecule has 0 atom stereocenters. The molecule has 1 amide bonds. The third kappa shape index (κ3) is 5.62. The molecule has 10 nitrogen and oxygen atoms in total. The summed E-state index contributed by atoms with van der Waals surface area (Å²) in [6.45, 7) is 0.413. The van der Waals surface area contributed by atoms with Crippen molar-refractivity contribution in [3.63, 3.8) is 0 Å².